The quantitative estimate of drug-likeness (QED) is 0.480. The first-order valence-electron chi connectivity index (χ1n) is 6.09. The summed E-state index contributed by atoms with van der Waals surface area (Å²) in [5.74, 6) is 1.30. The molecule has 0 bridgehead atoms. The number of benzene rings is 1. The second kappa shape index (κ2) is 6.47. The van der Waals surface area contributed by atoms with E-state index in [1.807, 2.05) is 12.1 Å². The zero-order chi connectivity index (χ0) is 14.4. The summed E-state index contributed by atoms with van der Waals surface area (Å²) in [6.45, 7) is 4.34. The Labute approximate surface area is 117 Å². The van der Waals surface area contributed by atoms with E-state index in [1.54, 1.807) is 24.4 Å². The first-order valence-corrected chi connectivity index (χ1v) is 6.09. The lowest BCUT2D eigenvalue weighted by Crippen LogP contribution is -2.00. The minimum absolute atomic E-state index is 0.0409. The topological polar surface area (TPSA) is 77.6 Å². The van der Waals surface area contributed by atoms with E-state index in [9.17, 15) is 5.11 Å². The third-order valence-electron chi connectivity index (χ3n) is 2.55. The summed E-state index contributed by atoms with van der Waals surface area (Å²) >= 11 is 0. The van der Waals surface area contributed by atoms with Gasteiger partial charge < -0.3 is 20.3 Å². The molecule has 2 aromatic rings. The standard InChI is InChI=1S/C15H16N2O3/c1-2-7-19-13-4-3-11(17-9-13)10-20-12-5-6-15(18)14(16)8-12/h2-6,8-9,18H,1,7,10,16H2. The molecule has 2 rings (SSSR count). The zero-order valence-corrected chi connectivity index (χ0v) is 11.0. The highest BCUT2D eigenvalue weighted by molar-refractivity contribution is 5.55. The Morgan fingerprint density at radius 2 is 2.00 bits per heavy atom. The second-order valence-corrected chi connectivity index (χ2v) is 4.09. The Hall–Kier alpha value is -2.69. The number of phenolic OH excluding ortho intramolecular Hbond substituents is 1. The number of aromatic nitrogens is 1. The van der Waals surface area contributed by atoms with Crippen molar-refractivity contribution in [2.45, 2.75) is 6.61 Å². The van der Waals surface area contributed by atoms with E-state index in [0.29, 0.717) is 24.7 Å². The van der Waals surface area contributed by atoms with Gasteiger partial charge in [0.1, 0.15) is 30.5 Å². The van der Waals surface area contributed by atoms with Crippen LogP contribution in [0.1, 0.15) is 5.69 Å². The highest BCUT2D eigenvalue weighted by Crippen LogP contribution is 2.25. The van der Waals surface area contributed by atoms with E-state index in [0.717, 1.165) is 5.69 Å². The van der Waals surface area contributed by atoms with E-state index in [-0.39, 0.29) is 11.4 Å². The maximum atomic E-state index is 9.32. The number of ether oxygens (including phenoxy) is 2. The van der Waals surface area contributed by atoms with Crippen LogP contribution >= 0.6 is 0 Å². The molecule has 5 heteroatoms. The first-order chi connectivity index (χ1) is 9.69. The van der Waals surface area contributed by atoms with Crippen molar-refractivity contribution in [3.63, 3.8) is 0 Å². The smallest absolute Gasteiger partial charge is 0.138 e. The van der Waals surface area contributed by atoms with Gasteiger partial charge in [-0.15, -0.1) is 0 Å². The van der Waals surface area contributed by atoms with Gasteiger partial charge in [0, 0.05) is 6.07 Å². The van der Waals surface area contributed by atoms with Gasteiger partial charge in [-0.1, -0.05) is 12.7 Å². The van der Waals surface area contributed by atoms with Crippen LogP contribution in [0.4, 0.5) is 5.69 Å². The molecule has 0 aliphatic rings. The summed E-state index contributed by atoms with van der Waals surface area (Å²) in [5, 5.41) is 9.32. The maximum Gasteiger partial charge on any atom is 0.138 e. The van der Waals surface area contributed by atoms with Crippen molar-refractivity contribution in [1.82, 2.24) is 4.98 Å². The largest absolute Gasteiger partial charge is 0.506 e. The van der Waals surface area contributed by atoms with E-state index < -0.39 is 0 Å². The monoisotopic (exact) mass is 272 g/mol. The predicted octanol–water partition coefficient (Wildman–Crippen LogP) is 2.51. The number of phenols is 1. The molecule has 0 fully saturated rings. The van der Waals surface area contributed by atoms with Crippen LogP contribution in [-0.2, 0) is 6.61 Å². The summed E-state index contributed by atoms with van der Waals surface area (Å²) in [6.07, 6.45) is 3.31. The maximum absolute atomic E-state index is 9.32. The predicted molar refractivity (Wildman–Crippen MR) is 76.8 cm³/mol. The molecule has 0 aliphatic carbocycles. The van der Waals surface area contributed by atoms with Gasteiger partial charge >= 0.3 is 0 Å². The van der Waals surface area contributed by atoms with Crippen LogP contribution in [0, 0.1) is 0 Å². The lowest BCUT2D eigenvalue weighted by molar-refractivity contribution is 0.300. The number of rotatable bonds is 6. The fourth-order valence-corrected chi connectivity index (χ4v) is 1.52. The van der Waals surface area contributed by atoms with Crippen molar-refractivity contribution >= 4 is 5.69 Å². The van der Waals surface area contributed by atoms with Crippen molar-refractivity contribution in [2.24, 2.45) is 0 Å². The average molecular weight is 272 g/mol. The molecular formula is C15H16N2O3. The van der Waals surface area contributed by atoms with E-state index >= 15 is 0 Å². The van der Waals surface area contributed by atoms with Crippen LogP contribution in [0.5, 0.6) is 17.2 Å². The van der Waals surface area contributed by atoms with Crippen molar-refractivity contribution in [2.75, 3.05) is 12.3 Å². The number of nitrogens with two attached hydrogens (primary N) is 1. The van der Waals surface area contributed by atoms with Gasteiger partial charge in [0.05, 0.1) is 17.6 Å². The zero-order valence-electron chi connectivity index (χ0n) is 11.0. The average Bonchev–Trinajstić information content (AvgIpc) is 2.47. The molecule has 0 unspecified atom stereocenters. The van der Waals surface area contributed by atoms with Crippen LogP contribution in [0.15, 0.2) is 49.2 Å². The van der Waals surface area contributed by atoms with Gasteiger partial charge in [-0.05, 0) is 24.3 Å². The Balaban J connectivity index is 1.93. The summed E-state index contributed by atoms with van der Waals surface area (Å²) in [5.41, 5.74) is 6.63. The molecule has 0 spiro atoms. The molecule has 0 amide bonds. The molecule has 20 heavy (non-hydrogen) atoms. The summed E-state index contributed by atoms with van der Waals surface area (Å²) < 4.78 is 10.9. The number of pyridine rings is 1. The number of nitrogens with zero attached hydrogens (tertiary/aromatic N) is 1. The first kappa shape index (κ1) is 13.7. The molecular weight excluding hydrogens is 256 g/mol. The number of nitrogen functional groups attached to an aromatic ring is 1. The number of anilines is 1. The fraction of sp³-hybridized carbons (Fsp3) is 0.133. The third-order valence-corrected chi connectivity index (χ3v) is 2.55. The number of hydrogen-bond acceptors (Lipinski definition) is 5. The molecule has 3 N–H and O–H groups in total. The summed E-state index contributed by atoms with van der Waals surface area (Å²) in [4.78, 5) is 4.22. The SMILES string of the molecule is C=CCOc1ccc(COc2ccc(O)c(N)c2)nc1. The second-order valence-electron chi connectivity index (χ2n) is 4.09. The number of hydrogen-bond donors (Lipinski definition) is 2. The van der Waals surface area contributed by atoms with Gasteiger partial charge in [0.25, 0.3) is 0 Å². The van der Waals surface area contributed by atoms with Crippen LogP contribution in [0.3, 0.4) is 0 Å². The van der Waals surface area contributed by atoms with Crippen molar-refractivity contribution in [3.8, 4) is 17.2 Å². The highest BCUT2D eigenvalue weighted by atomic mass is 16.5. The van der Waals surface area contributed by atoms with Crippen LogP contribution < -0.4 is 15.2 Å². The Kier molecular flexibility index (Phi) is 4.44. The third kappa shape index (κ3) is 3.65. The highest BCUT2D eigenvalue weighted by Gasteiger charge is 2.02. The normalized spacial score (nSPS) is 10.0. The van der Waals surface area contributed by atoms with E-state index in [1.165, 1.54) is 6.07 Å². The van der Waals surface area contributed by atoms with Gasteiger partial charge in [0.2, 0.25) is 0 Å². The van der Waals surface area contributed by atoms with Gasteiger partial charge in [0.15, 0.2) is 0 Å². The summed E-state index contributed by atoms with van der Waals surface area (Å²) in [7, 11) is 0. The van der Waals surface area contributed by atoms with Gasteiger partial charge in [-0.2, -0.15) is 0 Å². The lowest BCUT2D eigenvalue weighted by atomic mass is 10.3. The molecule has 5 nitrogen and oxygen atoms in total. The Morgan fingerprint density at radius 1 is 1.20 bits per heavy atom. The van der Waals surface area contributed by atoms with Gasteiger partial charge in [-0.3, -0.25) is 4.98 Å². The molecule has 1 aromatic carbocycles. The molecule has 1 heterocycles. The van der Waals surface area contributed by atoms with Crippen molar-refractivity contribution in [3.05, 3.63) is 54.9 Å². The Bertz CT molecular complexity index is 582. The van der Waals surface area contributed by atoms with Crippen LogP contribution in [-0.4, -0.2) is 16.7 Å². The minimum atomic E-state index is 0.0409. The molecule has 0 atom stereocenters. The van der Waals surface area contributed by atoms with Gasteiger partial charge in [-0.25, -0.2) is 0 Å². The van der Waals surface area contributed by atoms with Crippen molar-refractivity contribution < 1.29 is 14.6 Å². The van der Waals surface area contributed by atoms with Crippen LogP contribution in [0.2, 0.25) is 0 Å². The molecule has 0 saturated heterocycles. The fourth-order valence-electron chi connectivity index (χ4n) is 1.52. The molecule has 1 aromatic heterocycles. The molecule has 0 saturated carbocycles. The Morgan fingerprint density at radius 3 is 2.65 bits per heavy atom. The minimum Gasteiger partial charge on any atom is -0.506 e. The number of aromatic hydroxyl groups is 1. The molecule has 0 radical (unpaired) electrons. The lowest BCUT2D eigenvalue weighted by Gasteiger charge is -2.08. The van der Waals surface area contributed by atoms with Crippen LogP contribution in [0.25, 0.3) is 0 Å². The summed E-state index contributed by atoms with van der Waals surface area (Å²) in [6, 6.07) is 8.34. The van der Waals surface area contributed by atoms with E-state index in [4.69, 9.17) is 15.2 Å². The molecule has 104 valence electrons. The molecule has 0 aliphatic heterocycles. The van der Waals surface area contributed by atoms with Crippen molar-refractivity contribution in [1.29, 1.82) is 0 Å². The van der Waals surface area contributed by atoms with E-state index in [2.05, 4.69) is 11.6 Å².